The van der Waals surface area contributed by atoms with Gasteiger partial charge in [0, 0.05) is 11.5 Å². The molecule has 0 amide bonds. The zero-order chi connectivity index (χ0) is 12.9. The fourth-order valence-corrected chi connectivity index (χ4v) is 1.27. The molecule has 0 aliphatic rings. The number of thiol groups is 1. The number of hydrogen-bond acceptors (Lipinski definition) is 4. The number of nitriles is 1. The molecule has 0 aromatic heterocycles. The SMILES string of the molecule is COc1cc(C#N)ccc1OCC(C)(C)CS. The van der Waals surface area contributed by atoms with Gasteiger partial charge in [0.05, 0.1) is 25.3 Å². The fraction of sp³-hybridized carbons (Fsp3) is 0.462. The van der Waals surface area contributed by atoms with E-state index in [-0.39, 0.29) is 5.41 Å². The van der Waals surface area contributed by atoms with Crippen LogP contribution in [0.3, 0.4) is 0 Å². The minimum Gasteiger partial charge on any atom is -0.493 e. The van der Waals surface area contributed by atoms with Crippen molar-refractivity contribution in [1.82, 2.24) is 0 Å². The van der Waals surface area contributed by atoms with Crippen molar-refractivity contribution < 1.29 is 9.47 Å². The lowest BCUT2D eigenvalue weighted by molar-refractivity contribution is 0.195. The van der Waals surface area contributed by atoms with Gasteiger partial charge in [-0.05, 0) is 17.9 Å². The van der Waals surface area contributed by atoms with E-state index in [2.05, 4.69) is 32.5 Å². The van der Waals surface area contributed by atoms with Crippen LogP contribution < -0.4 is 9.47 Å². The van der Waals surface area contributed by atoms with Gasteiger partial charge >= 0.3 is 0 Å². The van der Waals surface area contributed by atoms with Gasteiger partial charge in [-0.3, -0.25) is 0 Å². The van der Waals surface area contributed by atoms with Crippen molar-refractivity contribution in [3.05, 3.63) is 23.8 Å². The second kappa shape index (κ2) is 5.83. The highest BCUT2D eigenvalue weighted by Crippen LogP contribution is 2.29. The van der Waals surface area contributed by atoms with Crippen molar-refractivity contribution >= 4 is 12.6 Å². The van der Waals surface area contributed by atoms with Crippen LogP contribution >= 0.6 is 12.6 Å². The van der Waals surface area contributed by atoms with Crippen molar-refractivity contribution in [2.24, 2.45) is 5.41 Å². The molecule has 92 valence electrons. The van der Waals surface area contributed by atoms with E-state index < -0.39 is 0 Å². The molecular weight excluding hydrogens is 234 g/mol. The summed E-state index contributed by atoms with van der Waals surface area (Å²) < 4.78 is 10.9. The largest absolute Gasteiger partial charge is 0.493 e. The maximum atomic E-state index is 8.79. The van der Waals surface area contributed by atoms with Gasteiger partial charge in [-0.25, -0.2) is 0 Å². The highest BCUT2D eigenvalue weighted by atomic mass is 32.1. The zero-order valence-electron chi connectivity index (χ0n) is 10.4. The van der Waals surface area contributed by atoms with E-state index in [0.29, 0.717) is 23.7 Å². The summed E-state index contributed by atoms with van der Waals surface area (Å²) >= 11 is 4.27. The Kier molecular flexibility index (Phi) is 4.71. The van der Waals surface area contributed by atoms with Gasteiger partial charge in [0.25, 0.3) is 0 Å². The Hall–Kier alpha value is -1.34. The summed E-state index contributed by atoms with van der Waals surface area (Å²) in [7, 11) is 1.56. The van der Waals surface area contributed by atoms with Gasteiger partial charge in [-0.15, -0.1) is 0 Å². The predicted octanol–water partition coefficient (Wildman–Crippen LogP) is 2.90. The van der Waals surface area contributed by atoms with Crippen molar-refractivity contribution in [2.75, 3.05) is 19.5 Å². The van der Waals surface area contributed by atoms with Crippen LogP contribution in [0.5, 0.6) is 11.5 Å². The Labute approximate surface area is 108 Å². The zero-order valence-corrected chi connectivity index (χ0v) is 11.3. The topological polar surface area (TPSA) is 42.2 Å². The molecule has 0 spiro atoms. The molecule has 0 bridgehead atoms. The molecule has 0 fully saturated rings. The molecule has 0 saturated heterocycles. The lowest BCUT2D eigenvalue weighted by Crippen LogP contribution is -2.23. The van der Waals surface area contributed by atoms with Crippen LogP contribution in [0, 0.1) is 16.7 Å². The molecule has 0 radical (unpaired) electrons. The van der Waals surface area contributed by atoms with Crippen LogP contribution in [0.1, 0.15) is 19.4 Å². The smallest absolute Gasteiger partial charge is 0.162 e. The molecule has 0 aliphatic heterocycles. The Bertz CT molecular complexity index is 424. The first-order valence-electron chi connectivity index (χ1n) is 5.34. The number of benzene rings is 1. The van der Waals surface area contributed by atoms with E-state index in [4.69, 9.17) is 14.7 Å². The van der Waals surface area contributed by atoms with Gasteiger partial charge in [0.15, 0.2) is 11.5 Å². The summed E-state index contributed by atoms with van der Waals surface area (Å²) in [4.78, 5) is 0. The Balaban J connectivity index is 2.82. The minimum absolute atomic E-state index is 0.00201. The van der Waals surface area contributed by atoms with E-state index in [1.807, 2.05) is 0 Å². The molecule has 0 aliphatic carbocycles. The number of ether oxygens (including phenoxy) is 2. The lowest BCUT2D eigenvalue weighted by Gasteiger charge is -2.22. The Morgan fingerprint density at radius 1 is 1.35 bits per heavy atom. The molecule has 0 atom stereocenters. The van der Waals surface area contributed by atoms with Gasteiger partial charge in [0.1, 0.15) is 0 Å². The normalized spacial score (nSPS) is 10.8. The van der Waals surface area contributed by atoms with Crippen LogP contribution in [0.25, 0.3) is 0 Å². The van der Waals surface area contributed by atoms with Gasteiger partial charge < -0.3 is 9.47 Å². The second-order valence-corrected chi connectivity index (χ2v) is 4.90. The third-order valence-corrected chi connectivity index (χ3v) is 3.20. The molecule has 1 aromatic rings. The van der Waals surface area contributed by atoms with Crippen molar-refractivity contribution in [3.8, 4) is 17.6 Å². The minimum atomic E-state index is 0.00201. The molecule has 0 unspecified atom stereocenters. The molecule has 1 rings (SSSR count). The maximum absolute atomic E-state index is 8.79. The van der Waals surface area contributed by atoms with E-state index in [0.717, 1.165) is 5.75 Å². The summed E-state index contributed by atoms with van der Waals surface area (Å²) in [5, 5.41) is 8.79. The molecule has 0 N–H and O–H groups in total. The van der Waals surface area contributed by atoms with Crippen LogP contribution in [0.2, 0.25) is 0 Å². The lowest BCUT2D eigenvalue weighted by atomic mass is 9.98. The number of hydrogen-bond donors (Lipinski definition) is 1. The van der Waals surface area contributed by atoms with Crippen molar-refractivity contribution in [1.29, 1.82) is 5.26 Å². The average Bonchev–Trinajstić information content (AvgIpc) is 2.36. The van der Waals surface area contributed by atoms with Crippen LogP contribution in [0.4, 0.5) is 0 Å². The van der Waals surface area contributed by atoms with Gasteiger partial charge in [-0.1, -0.05) is 13.8 Å². The third kappa shape index (κ3) is 3.86. The number of nitrogens with zero attached hydrogens (tertiary/aromatic N) is 1. The van der Waals surface area contributed by atoms with E-state index in [1.165, 1.54) is 0 Å². The van der Waals surface area contributed by atoms with E-state index >= 15 is 0 Å². The first-order chi connectivity index (χ1) is 8.02. The Morgan fingerprint density at radius 2 is 2.06 bits per heavy atom. The van der Waals surface area contributed by atoms with Crippen LogP contribution in [-0.4, -0.2) is 19.5 Å². The number of methoxy groups -OCH3 is 1. The highest BCUT2D eigenvalue weighted by Gasteiger charge is 2.17. The van der Waals surface area contributed by atoms with Gasteiger partial charge in [-0.2, -0.15) is 17.9 Å². The van der Waals surface area contributed by atoms with Crippen LogP contribution in [0.15, 0.2) is 18.2 Å². The van der Waals surface area contributed by atoms with Crippen molar-refractivity contribution in [2.45, 2.75) is 13.8 Å². The Morgan fingerprint density at radius 3 is 2.59 bits per heavy atom. The molecule has 17 heavy (non-hydrogen) atoms. The predicted molar refractivity (Wildman–Crippen MR) is 70.8 cm³/mol. The average molecular weight is 251 g/mol. The van der Waals surface area contributed by atoms with E-state index in [1.54, 1.807) is 25.3 Å². The highest BCUT2D eigenvalue weighted by molar-refractivity contribution is 7.80. The molecule has 1 aromatic carbocycles. The van der Waals surface area contributed by atoms with E-state index in [9.17, 15) is 0 Å². The quantitative estimate of drug-likeness (QED) is 0.818. The molecule has 4 heteroatoms. The summed E-state index contributed by atoms with van der Waals surface area (Å²) in [5.74, 6) is 1.98. The fourth-order valence-electron chi connectivity index (χ4n) is 1.18. The molecule has 3 nitrogen and oxygen atoms in total. The first-order valence-corrected chi connectivity index (χ1v) is 5.97. The maximum Gasteiger partial charge on any atom is 0.162 e. The van der Waals surface area contributed by atoms with Gasteiger partial charge in [0.2, 0.25) is 0 Å². The summed E-state index contributed by atoms with van der Waals surface area (Å²) in [6.45, 7) is 4.71. The summed E-state index contributed by atoms with van der Waals surface area (Å²) in [6.07, 6.45) is 0. The standard InChI is InChI=1S/C13H17NO2S/c1-13(2,9-17)8-16-11-5-4-10(7-14)6-12(11)15-3/h4-6,17H,8-9H2,1-3H3. The summed E-state index contributed by atoms with van der Waals surface area (Å²) in [5.41, 5.74) is 0.560. The summed E-state index contributed by atoms with van der Waals surface area (Å²) in [6, 6.07) is 7.20. The third-order valence-electron chi connectivity index (χ3n) is 2.34. The molecular formula is C13H17NO2S. The number of rotatable bonds is 5. The molecule has 0 saturated carbocycles. The second-order valence-electron chi connectivity index (χ2n) is 4.59. The van der Waals surface area contributed by atoms with Crippen molar-refractivity contribution in [3.63, 3.8) is 0 Å². The molecule has 0 heterocycles. The monoisotopic (exact) mass is 251 g/mol. The van der Waals surface area contributed by atoms with Crippen LogP contribution in [-0.2, 0) is 0 Å². The first kappa shape index (κ1) is 13.7.